The highest BCUT2D eigenvalue weighted by molar-refractivity contribution is 6.10. The molecule has 0 unspecified atom stereocenters. The fourth-order valence-electron chi connectivity index (χ4n) is 7.10. The molecule has 0 atom stereocenters. The molecule has 3 heteroatoms. The monoisotopic (exact) mass is 512 g/mol. The molecule has 188 valence electrons. The molecular formula is C37H24N2O. The van der Waals surface area contributed by atoms with Crippen LogP contribution in [0.3, 0.4) is 0 Å². The van der Waals surface area contributed by atoms with E-state index in [1.165, 1.54) is 33.3 Å². The molecule has 2 aliphatic heterocycles. The van der Waals surface area contributed by atoms with Gasteiger partial charge in [0, 0.05) is 33.1 Å². The fraction of sp³-hybridized carbons (Fsp3) is 0.0270. The molecule has 0 amide bonds. The number of rotatable bonds is 1. The van der Waals surface area contributed by atoms with Crippen LogP contribution in [0.15, 0.2) is 140 Å². The molecule has 1 N–H and O–H groups in total. The van der Waals surface area contributed by atoms with Gasteiger partial charge in [-0.15, -0.1) is 0 Å². The summed E-state index contributed by atoms with van der Waals surface area (Å²) in [4.78, 5) is 6.10. The second-order valence-corrected chi connectivity index (χ2v) is 10.6. The topological polar surface area (TPSA) is 28.3 Å². The number of hydrogen-bond donors (Lipinski definition) is 1. The SMILES string of the molecule is c1ccc(N2c3ccccc3C3(c4ccccc4Oc4c3ccc3c4[nH]c4ccccc43)c3ccccc32)cc1. The minimum Gasteiger partial charge on any atom is -0.454 e. The number of para-hydroxylation sites is 5. The molecule has 0 radical (unpaired) electrons. The third-order valence-electron chi connectivity index (χ3n) is 8.65. The van der Waals surface area contributed by atoms with Crippen LogP contribution in [0.2, 0.25) is 0 Å². The molecule has 2 aliphatic rings. The number of aromatic amines is 1. The zero-order chi connectivity index (χ0) is 26.3. The van der Waals surface area contributed by atoms with E-state index in [2.05, 4.69) is 149 Å². The average molecular weight is 513 g/mol. The maximum absolute atomic E-state index is 6.84. The summed E-state index contributed by atoms with van der Waals surface area (Å²) in [6, 6.07) is 49.9. The smallest absolute Gasteiger partial charge is 0.156 e. The second-order valence-electron chi connectivity index (χ2n) is 10.6. The Bertz CT molecular complexity index is 2060. The zero-order valence-electron chi connectivity index (χ0n) is 21.6. The van der Waals surface area contributed by atoms with Crippen molar-refractivity contribution in [1.29, 1.82) is 0 Å². The van der Waals surface area contributed by atoms with Gasteiger partial charge in [0.05, 0.1) is 22.3 Å². The largest absolute Gasteiger partial charge is 0.454 e. The number of nitrogens with zero attached hydrogens (tertiary/aromatic N) is 1. The van der Waals surface area contributed by atoms with Crippen LogP contribution in [0.4, 0.5) is 17.1 Å². The lowest BCUT2D eigenvalue weighted by Crippen LogP contribution is -2.39. The van der Waals surface area contributed by atoms with E-state index in [4.69, 9.17) is 4.74 Å². The van der Waals surface area contributed by atoms with E-state index in [1.807, 2.05) is 0 Å². The van der Waals surface area contributed by atoms with Crippen molar-refractivity contribution in [2.24, 2.45) is 0 Å². The summed E-state index contributed by atoms with van der Waals surface area (Å²) in [5.74, 6) is 1.78. The lowest BCUT2D eigenvalue weighted by Gasteiger charge is -2.48. The van der Waals surface area contributed by atoms with Crippen molar-refractivity contribution in [2.75, 3.05) is 4.90 Å². The van der Waals surface area contributed by atoms with E-state index in [-0.39, 0.29) is 0 Å². The highest BCUT2D eigenvalue weighted by Gasteiger charge is 2.51. The molecule has 40 heavy (non-hydrogen) atoms. The molecule has 0 aliphatic carbocycles. The summed E-state index contributed by atoms with van der Waals surface area (Å²) >= 11 is 0. The van der Waals surface area contributed by atoms with Crippen LogP contribution in [0, 0.1) is 0 Å². The second kappa shape index (κ2) is 7.87. The quantitative estimate of drug-likeness (QED) is 0.237. The van der Waals surface area contributed by atoms with Gasteiger partial charge in [-0.2, -0.15) is 0 Å². The number of fused-ring (bicyclic) bond motifs is 12. The molecule has 7 aromatic rings. The van der Waals surface area contributed by atoms with Gasteiger partial charge in [-0.05, 0) is 47.5 Å². The first kappa shape index (κ1) is 21.6. The average Bonchev–Trinajstić information content (AvgIpc) is 3.41. The Morgan fingerprint density at radius 2 is 1.12 bits per heavy atom. The number of ether oxygens (including phenoxy) is 1. The first-order chi connectivity index (χ1) is 19.9. The summed E-state index contributed by atoms with van der Waals surface area (Å²) in [7, 11) is 0. The summed E-state index contributed by atoms with van der Waals surface area (Å²) in [6.45, 7) is 0. The van der Waals surface area contributed by atoms with Crippen LogP contribution in [-0.4, -0.2) is 4.98 Å². The molecule has 1 aromatic heterocycles. The fourth-order valence-corrected chi connectivity index (χ4v) is 7.10. The summed E-state index contributed by atoms with van der Waals surface area (Å²) in [5.41, 5.74) is 9.87. The molecule has 3 nitrogen and oxygen atoms in total. The van der Waals surface area contributed by atoms with E-state index in [0.29, 0.717) is 0 Å². The van der Waals surface area contributed by atoms with E-state index >= 15 is 0 Å². The molecule has 0 fully saturated rings. The lowest BCUT2D eigenvalue weighted by molar-refractivity contribution is 0.438. The number of anilines is 3. The Morgan fingerprint density at radius 3 is 1.90 bits per heavy atom. The highest BCUT2D eigenvalue weighted by atomic mass is 16.5. The van der Waals surface area contributed by atoms with Gasteiger partial charge >= 0.3 is 0 Å². The first-order valence-corrected chi connectivity index (χ1v) is 13.7. The van der Waals surface area contributed by atoms with Gasteiger partial charge in [0.1, 0.15) is 5.75 Å². The van der Waals surface area contributed by atoms with Gasteiger partial charge in [0.2, 0.25) is 0 Å². The van der Waals surface area contributed by atoms with Crippen molar-refractivity contribution >= 4 is 38.9 Å². The van der Waals surface area contributed by atoms with Crippen molar-refractivity contribution < 1.29 is 4.74 Å². The normalized spacial score (nSPS) is 14.3. The number of nitrogens with one attached hydrogen (secondary N) is 1. The van der Waals surface area contributed by atoms with Crippen molar-refractivity contribution in [3.8, 4) is 11.5 Å². The summed E-state index contributed by atoms with van der Waals surface area (Å²) in [5, 5.41) is 2.38. The maximum Gasteiger partial charge on any atom is 0.156 e. The minimum atomic E-state index is -0.561. The van der Waals surface area contributed by atoms with Crippen LogP contribution in [0.5, 0.6) is 11.5 Å². The van der Waals surface area contributed by atoms with Crippen molar-refractivity contribution in [3.63, 3.8) is 0 Å². The van der Waals surface area contributed by atoms with Crippen LogP contribution in [-0.2, 0) is 5.41 Å². The van der Waals surface area contributed by atoms with Gasteiger partial charge in [-0.3, -0.25) is 0 Å². The van der Waals surface area contributed by atoms with Crippen molar-refractivity contribution in [3.05, 3.63) is 162 Å². The molecule has 1 spiro atoms. The molecular weight excluding hydrogens is 488 g/mol. The van der Waals surface area contributed by atoms with Gasteiger partial charge in [0.25, 0.3) is 0 Å². The standard InChI is InChI=1S/C37H24N2O/c1-2-12-24(13-3-1)39-32-19-9-5-15-27(32)37(28-16-6-10-20-33(28)39)29-17-7-11-21-34(29)40-36-30(37)23-22-26-25-14-4-8-18-31(25)38-35(26)36/h1-23,38H. The number of benzene rings is 6. The summed E-state index contributed by atoms with van der Waals surface area (Å²) < 4.78 is 6.84. The predicted octanol–water partition coefficient (Wildman–Crippen LogP) is 9.59. The van der Waals surface area contributed by atoms with Gasteiger partial charge in [-0.25, -0.2) is 0 Å². The van der Waals surface area contributed by atoms with E-state index < -0.39 is 5.41 Å². The molecule has 0 bridgehead atoms. The summed E-state index contributed by atoms with van der Waals surface area (Å²) in [6.07, 6.45) is 0. The van der Waals surface area contributed by atoms with Gasteiger partial charge in [0.15, 0.2) is 5.75 Å². The van der Waals surface area contributed by atoms with Crippen LogP contribution < -0.4 is 9.64 Å². The molecule has 9 rings (SSSR count). The third-order valence-corrected chi connectivity index (χ3v) is 8.65. The molecule has 6 aromatic carbocycles. The number of H-pyrrole nitrogens is 1. The Balaban J connectivity index is 1.47. The Morgan fingerprint density at radius 1 is 0.500 bits per heavy atom. The van der Waals surface area contributed by atoms with Gasteiger partial charge < -0.3 is 14.6 Å². The minimum absolute atomic E-state index is 0.561. The number of hydrogen-bond acceptors (Lipinski definition) is 2. The number of aromatic nitrogens is 1. The van der Waals surface area contributed by atoms with Gasteiger partial charge in [-0.1, -0.05) is 103 Å². The Hall–Kier alpha value is -5.28. The first-order valence-electron chi connectivity index (χ1n) is 13.7. The van der Waals surface area contributed by atoms with Crippen molar-refractivity contribution in [1.82, 2.24) is 4.98 Å². The predicted molar refractivity (Wildman–Crippen MR) is 162 cm³/mol. The molecule has 0 saturated heterocycles. The van der Waals surface area contributed by atoms with Crippen LogP contribution in [0.25, 0.3) is 21.8 Å². The van der Waals surface area contributed by atoms with Crippen LogP contribution in [0.1, 0.15) is 22.3 Å². The molecule has 3 heterocycles. The zero-order valence-corrected chi connectivity index (χ0v) is 21.6. The lowest BCUT2D eigenvalue weighted by atomic mass is 9.61. The van der Waals surface area contributed by atoms with Crippen molar-refractivity contribution in [2.45, 2.75) is 5.41 Å². The maximum atomic E-state index is 6.84. The Kier molecular flexibility index (Phi) is 4.26. The highest BCUT2D eigenvalue weighted by Crippen LogP contribution is 2.63. The Labute approximate surface area is 231 Å². The van der Waals surface area contributed by atoms with E-state index in [0.717, 1.165) is 39.3 Å². The third kappa shape index (κ3) is 2.64. The van der Waals surface area contributed by atoms with E-state index in [1.54, 1.807) is 0 Å². The molecule has 0 saturated carbocycles. The van der Waals surface area contributed by atoms with E-state index in [9.17, 15) is 0 Å². The van der Waals surface area contributed by atoms with Crippen LogP contribution >= 0.6 is 0 Å².